The zero-order valence-corrected chi connectivity index (χ0v) is 12.5. The van der Waals surface area contributed by atoms with Crippen molar-refractivity contribution < 1.29 is 34.8 Å². The molecular weight excluding hydrogens is 282 g/mol. The highest BCUT2D eigenvalue weighted by atomic mass is 16.6. The van der Waals surface area contributed by atoms with Crippen molar-refractivity contribution in [1.82, 2.24) is 5.32 Å². The van der Waals surface area contributed by atoms with E-state index >= 15 is 0 Å². The molecule has 0 spiro atoms. The molecule has 0 radical (unpaired) electrons. The number of ketones is 1. The zero-order chi connectivity index (χ0) is 16.6. The fourth-order valence-corrected chi connectivity index (χ4v) is 1.68. The van der Waals surface area contributed by atoms with Crippen molar-refractivity contribution in [3.05, 3.63) is 0 Å². The van der Waals surface area contributed by atoms with Crippen molar-refractivity contribution >= 4 is 11.7 Å². The van der Waals surface area contributed by atoms with Crippen LogP contribution in [0.25, 0.3) is 0 Å². The maximum Gasteiger partial charge on any atom is 0.220 e. The molecule has 8 heteroatoms. The van der Waals surface area contributed by atoms with Crippen molar-refractivity contribution in [3.63, 3.8) is 0 Å². The molecule has 0 aromatic heterocycles. The molecule has 21 heavy (non-hydrogen) atoms. The third-order valence-corrected chi connectivity index (χ3v) is 3.17. The minimum atomic E-state index is -1.54. The lowest BCUT2D eigenvalue weighted by molar-refractivity contribution is -0.153. The van der Waals surface area contributed by atoms with Gasteiger partial charge in [0.1, 0.15) is 17.9 Å². The summed E-state index contributed by atoms with van der Waals surface area (Å²) in [6.45, 7) is 2.48. The summed E-state index contributed by atoms with van der Waals surface area (Å²) in [5, 5.41) is 40.8. The first-order valence-corrected chi connectivity index (χ1v) is 6.71. The van der Waals surface area contributed by atoms with Crippen LogP contribution in [0, 0.1) is 5.92 Å². The highest BCUT2D eigenvalue weighted by Crippen LogP contribution is 2.13. The Hall–Kier alpha value is -1.06. The van der Waals surface area contributed by atoms with Gasteiger partial charge < -0.3 is 35.3 Å². The first kappa shape index (κ1) is 19.9. The van der Waals surface area contributed by atoms with Gasteiger partial charge in [0.05, 0.1) is 6.10 Å². The molecule has 5 N–H and O–H groups in total. The van der Waals surface area contributed by atoms with Gasteiger partial charge in [0, 0.05) is 32.5 Å². The van der Waals surface area contributed by atoms with Gasteiger partial charge in [0.15, 0.2) is 6.29 Å². The maximum absolute atomic E-state index is 11.7. The molecule has 0 aliphatic rings. The fraction of sp³-hybridized carbons (Fsp3) is 0.846. The Morgan fingerprint density at radius 2 is 1.71 bits per heavy atom. The van der Waals surface area contributed by atoms with E-state index in [9.17, 15) is 24.9 Å². The number of nitrogens with one attached hydrogen (secondary N) is 1. The van der Waals surface area contributed by atoms with Crippen LogP contribution in [0.15, 0.2) is 0 Å². The van der Waals surface area contributed by atoms with Gasteiger partial charge in [-0.2, -0.15) is 0 Å². The minimum absolute atomic E-state index is 0.0350. The predicted molar refractivity (Wildman–Crippen MR) is 73.1 cm³/mol. The van der Waals surface area contributed by atoms with Crippen molar-refractivity contribution in [2.45, 2.75) is 51.2 Å². The molecule has 5 unspecified atom stereocenters. The normalized spacial score (nSPS) is 18.4. The van der Waals surface area contributed by atoms with Crippen molar-refractivity contribution in [3.8, 4) is 0 Å². The standard InChI is InChI=1S/C13H25NO7/c1-7(6-15)11(18)12(19)10(13(20)21-3)14-9(17)5-4-8(2)16/h7,10-13,15,18-20H,4-6H2,1-3H3,(H,14,17). The highest BCUT2D eigenvalue weighted by Gasteiger charge is 2.35. The van der Waals surface area contributed by atoms with E-state index in [2.05, 4.69) is 10.1 Å². The van der Waals surface area contributed by atoms with Crippen LogP contribution < -0.4 is 5.32 Å². The molecule has 5 atom stereocenters. The SMILES string of the molecule is COC(O)C(NC(=O)CCC(C)=O)C(O)C(O)C(C)CO. The molecule has 0 aliphatic heterocycles. The largest absolute Gasteiger partial charge is 0.396 e. The summed E-state index contributed by atoms with van der Waals surface area (Å²) >= 11 is 0. The maximum atomic E-state index is 11.7. The first-order chi connectivity index (χ1) is 9.74. The lowest BCUT2D eigenvalue weighted by atomic mass is 9.95. The van der Waals surface area contributed by atoms with Gasteiger partial charge in [-0.3, -0.25) is 4.79 Å². The van der Waals surface area contributed by atoms with Crippen molar-refractivity contribution in [2.75, 3.05) is 13.7 Å². The Bertz CT molecular complexity index is 336. The lowest BCUT2D eigenvalue weighted by Crippen LogP contribution is -2.56. The summed E-state index contributed by atoms with van der Waals surface area (Å²) in [5.74, 6) is -1.38. The molecule has 124 valence electrons. The number of Topliss-reactive ketones (excluding diaryl/α,β-unsaturated/α-hetero) is 1. The summed E-state index contributed by atoms with van der Waals surface area (Å²) in [5.41, 5.74) is 0. The third kappa shape index (κ3) is 6.96. The topological polar surface area (TPSA) is 136 Å². The number of aliphatic hydroxyl groups excluding tert-OH is 4. The molecule has 0 aliphatic carbocycles. The number of methoxy groups -OCH3 is 1. The van der Waals surface area contributed by atoms with Gasteiger partial charge in [0.25, 0.3) is 0 Å². The molecule has 0 saturated heterocycles. The Balaban J connectivity index is 4.79. The molecule has 0 rings (SSSR count). The number of carbonyl (C=O) groups is 2. The van der Waals surface area contributed by atoms with Gasteiger partial charge in [0.2, 0.25) is 5.91 Å². The molecule has 0 bridgehead atoms. The summed E-state index contributed by atoms with van der Waals surface area (Å²) in [6.07, 6.45) is -4.50. The van der Waals surface area contributed by atoms with Crippen LogP contribution in [0.4, 0.5) is 0 Å². The van der Waals surface area contributed by atoms with Gasteiger partial charge in [-0.25, -0.2) is 0 Å². The lowest BCUT2D eigenvalue weighted by Gasteiger charge is -2.32. The van der Waals surface area contributed by atoms with E-state index in [1.165, 1.54) is 21.0 Å². The molecule has 0 heterocycles. The summed E-state index contributed by atoms with van der Waals surface area (Å²) in [4.78, 5) is 22.5. The second-order valence-corrected chi connectivity index (χ2v) is 5.06. The third-order valence-electron chi connectivity index (χ3n) is 3.17. The average molecular weight is 307 g/mol. The molecule has 1 amide bonds. The highest BCUT2D eigenvalue weighted by molar-refractivity contribution is 5.83. The Labute approximate surface area is 123 Å². The number of aliphatic hydroxyl groups is 4. The van der Waals surface area contributed by atoms with Crippen LogP contribution in [-0.2, 0) is 14.3 Å². The van der Waals surface area contributed by atoms with Crippen LogP contribution in [0.5, 0.6) is 0 Å². The molecule has 0 saturated carbocycles. The number of rotatable bonds is 10. The van der Waals surface area contributed by atoms with E-state index in [0.717, 1.165) is 0 Å². The van der Waals surface area contributed by atoms with E-state index in [0.29, 0.717) is 0 Å². The van der Waals surface area contributed by atoms with Gasteiger partial charge in [-0.05, 0) is 6.92 Å². The number of hydrogen-bond acceptors (Lipinski definition) is 7. The fourth-order valence-electron chi connectivity index (χ4n) is 1.68. The molecule has 8 nitrogen and oxygen atoms in total. The smallest absolute Gasteiger partial charge is 0.220 e. The number of ether oxygens (including phenoxy) is 1. The van der Waals surface area contributed by atoms with Gasteiger partial charge in [-0.1, -0.05) is 6.92 Å². The zero-order valence-electron chi connectivity index (χ0n) is 12.5. The van der Waals surface area contributed by atoms with Crippen LogP contribution >= 0.6 is 0 Å². The summed E-state index contributed by atoms with van der Waals surface area (Å²) < 4.78 is 4.66. The van der Waals surface area contributed by atoms with Crippen molar-refractivity contribution in [2.24, 2.45) is 5.92 Å². The van der Waals surface area contributed by atoms with Crippen LogP contribution in [0.2, 0.25) is 0 Å². The summed E-state index contributed by atoms with van der Waals surface area (Å²) in [6, 6.07) is -1.28. The van der Waals surface area contributed by atoms with Crippen LogP contribution in [0.1, 0.15) is 26.7 Å². The second-order valence-electron chi connectivity index (χ2n) is 5.06. The van der Waals surface area contributed by atoms with Crippen LogP contribution in [-0.4, -0.2) is 70.4 Å². The number of carbonyl (C=O) groups excluding carboxylic acids is 2. The van der Waals surface area contributed by atoms with E-state index in [1.807, 2.05) is 0 Å². The minimum Gasteiger partial charge on any atom is -0.396 e. The van der Waals surface area contributed by atoms with Crippen molar-refractivity contribution in [1.29, 1.82) is 0 Å². The monoisotopic (exact) mass is 307 g/mol. The molecule has 0 fully saturated rings. The van der Waals surface area contributed by atoms with E-state index in [1.54, 1.807) is 0 Å². The van der Waals surface area contributed by atoms with E-state index in [-0.39, 0.29) is 25.2 Å². The van der Waals surface area contributed by atoms with E-state index in [4.69, 9.17) is 5.11 Å². The second kappa shape index (κ2) is 9.80. The van der Waals surface area contributed by atoms with Gasteiger partial charge in [-0.15, -0.1) is 0 Å². The number of hydrogen-bond donors (Lipinski definition) is 5. The van der Waals surface area contributed by atoms with Gasteiger partial charge >= 0.3 is 0 Å². The molecule has 0 aromatic rings. The predicted octanol–water partition coefficient (Wildman–Crippen LogP) is -1.84. The Kier molecular flexibility index (Phi) is 9.31. The quantitative estimate of drug-likeness (QED) is 0.299. The Morgan fingerprint density at radius 3 is 2.14 bits per heavy atom. The first-order valence-electron chi connectivity index (χ1n) is 6.71. The average Bonchev–Trinajstić information content (AvgIpc) is 2.47. The van der Waals surface area contributed by atoms with Crippen LogP contribution in [0.3, 0.4) is 0 Å². The summed E-state index contributed by atoms with van der Waals surface area (Å²) in [7, 11) is 1.17. The van der Waals surface area contributed by atoms with E-state index < -0.39 is 36.4 Å². The molecular formula is C13H25NO7. The number of amides is 1. The molecule has 0 aromatic carbocycles. The Morgan fingerprint density at radius 1 is 1.14 bits per heavy atom.